The largest absolute Gasteiger partial charge is 0.301 e. The number of sulfonamides is 1. The fourth-order valence-electron chi connectivity index (χ4n) is 4.47. The van der Waals surface area contributed by atoms with E-state index in [4.69, 9.17) is 5.26 Å². The van der Waals surface area contributed by atoms with E-state index in [-0.39, 0.29) is 5.75 Å². The first-order valence-corrected chi connectivity index (χ1v) is 13.7. The Labute approximate surface area is 203 Å². The standard InChI is InChI=1S/C26H35FN4O2S/c1-3-22(23-6-7-24(20-28)21(2)19-23)5-4-12-30-13-15-31(16-14-30)17-18-34(32,33)29-26-10-8-25(27)9-11-26/h6-11,19,22,29H,3-5,12-18H2,1-2H3. The summed E-state index contributed by atoms with van der Waals surface area (Å²) in [5, 5.41) is 9.15. The number of piperazine rings is 1. The minimum Gasteiger partial charge on any atom is -0.301 e. The van der Waals surface area contributed by atoms with E-state index in [1.54, 1.807) is 0 Å². The minimum atomic E-state index is -3.47. The van der Waals surface area contributed by atoms with E-state index in [2.05, 4.69) is 39.6 Å². The van der Waals surface area contributed by atoms with Crippen LogP contribution in [0.1, 0.15) is 48.8 Å². The summed E-state index contributed by atoms with van der Waals surface area (Å²) in [5.41, 5.74) is 3.49. The quantitative estimate of drug-likeness (QED) is 0.511. The molecule has 1 atom stereocenters. The molecule has 6 nitrogen and oxygen atoms in total. The van der Waals surface area contributed by atoms with Crippen LogP contribution in [0.4, 0.5) is 10.1 Å². The monoisotopic (exact) mass is 486 g/mol. The zero-order valence-electron chi connectivity index (χ0n) is 20.1. The van der Waals surface area contributed by atoms with Crippen LogP contribution < -0.4 is 4.72 Å². The molecule has 1 N–H and O–H groups in total. The number of aryl methyl sites for hydroxylation is 1. The molecule has 1 aliphatic rings. The number of nitriles is 1. The average Bonchev–Trinajstić information content (AvgIpc) is 2.83. The molecular weight excluding hydrogens is 451 g/mol. The number of anilines is 1. The summed E-state index contributed by atoms with van der Waals surface area (Å²) in [6.07, 6.45) is 3.32. The molecule has 2 aromatic rings. The summed E-state index contributed by atoms with van der Waals surface area (Å²) in [5.74, 6) is 0.133. The van der Waals surface area contributed by atoms with Crippen molar-refractivity contribution in [2.24, 2.45) is 0 Å². The summed E-state index contributed by atoms with van der Waals surface area (Å²) in [7, 11) is -3.47. The van der Waals surface area contributed by atoms with Crippen molar-refractivity contribution in [1.29, 1.82) is 5.26 Å². The molecule has 1 saturated heterocycles. The second-order valence-corrected chi connectivity index (χ2v) is 10.9. The molecule has 2 aromatic carbocycles. The summed E-state index contributed by atoms with van der Waals surface area (Å²) in [4.78, 5) is 4.65. The molecule has 0 radical (unpaired) electrons. The first kappa shape index (κ1) is 26.1. The Kier molecular flexibility index (Phi) is 9.45. The van der Waals surface area contributed by atoms with Gasteiger partial charge in [-0.25, -0.2) is 12.8 Å². The van der Waals surface area contributed by atoms with E-state index in [1.165, 1.54) is 29.8 Å². The van der Waals surface area contributed by atoms with Gasteiger partial charge in [0.2, 0.25) is 10.0 Å². The van der Waals surface area contributed by atoms with Crippen molar-refractivity contribution in [2.45, 2.75) is 39.0 Å². The Morgan fingerprint density at radius 3 is 2.29 bits per heavy atom. The Morgan fingerprint density at radius 1 is 1.06 bits per heavy atom. The number of hydrogen-bond donors (Lipinski definition) is 1. The van der Waals surface area contributed by atoms with Crippen LogP contribution in [0.25, 0.3) is 0 Å². The van der Waals surface area contributed by atoms with Gasteiger partial charge in [-0.3, -0.25) is 9.62 Å². The summed E-state index contributed by atoms with van der Waals surface area (Å²) >= 11 is 0. The number of benzene rings is 2. The molecule has 34 heavy (non-hydrogen) atoms. The van der Waals surface area contributed by atoms with Crippen LogP contribution in [0.2, 0.25) is 0 Å². The maximum absolute atomic E-state index is 13.0. The van der Waals surface area contributed by atoms with Crippen LogP contribution in [0.5, 0.6) is 0 Å². The lowest BCUT2D eigenvalue weighted by atomic mass is 9.90. The zero-order chi connectivity index (χ0) is 24.6. The van der Waals surface area contributed by atoms with Gasteiger partial charge in [0, 0.05) is 38.4 Å². The average molecular weight is 487 g/mol. The van der Waals surface area contributed by atoms with Gasteiger partial charge in [-0.1, -0.05) is 19.1 Å². The smallest absolute Gasteiger partial charge is 0.233 e. The van der Waals surface area contributed by atoms with E-state index in [0.717, 1.165) is 63.1 Å². The molecule has 8 heteroatoms. The van der Waals surface area contributed by atoms with Crippen LogP contribution in [-0.2, 0) is 10.0 Å². The lowest BCUT2D eigenvalue weighted by Crippen LogP contribution is -2.48. The highest BCUT2D eigenvalue weighted by atomic mass is 32.2. The van der Waals surface area contributed by atoms with Crippen LogP contribution in [0.3, 0.4) is 0 Å². The third-order valence-corrected chi connectivity index (χ3v) is 7.89. The van der Waals surface area contributed by atoms with Crippen LogP contribution in [0.15, 0.2) is 42.5 Å². The molecule has 0 spiro atoms. The number of halogens is 1. The number of nitrogens with zero attached hydrogens (tertiary/aromatic N) is 3. The molecule has 0 aromatic heterocycles. The number of nitrogens with one attached hydrogen (secondary N) is 1. The Bertz CT molecular complexity index is 1070. The van der Waals surface area contributed by atoms with Gasteiger partial charge in [-0.05, 0) is 80.1 Å². The molecule has 0 aliphatic carbocycles. The molecule has 1 unspecified atom stereocenters. The van der Waals surface area contributed by atoms with Crippen molar-refractivity contribution in [2.75, 3.05) is 49.7 Å². The topological polar surface area (TPSA) is 76.4 Å². The normalized spacial score (nSPS) is 16.2. The van der Waals surface area contributed by atoms with Crippen molar-refractivity contribution in [1.82, 2.24) is 9.80 Å². The van der Waals surface area contributed by atoms with Crippen molar-refractivity contribution in [3.63, 3.8) is 0 Å². The van der Waals surface area contributed by atoms with Gasteiger partial charge in [-0.15, -0.1) is 0 Å². The second kappa shape index (κ2) is 12.3. The van der Waals surface area contributed by atoms with Gasteiger partial charge in [0.15, 0.2) is 0 Å². The third kappa shape index (κ3) is 7.79. The highest BCUT2D eigenvalue weighted by Gasteiger charge is 2.20. The molecule has 0 bridgehead atoms. The van der Waals surface area contributed by atoms with Crippen LogP contribution >= 0.6 is 0 Å². The Morgan fingerprint density at radius 2 is 1.71 bits per heavy atom. The zero-order valence-corrected chi connectivity index (χ0v) is 21.0. The molecular formula is C26H35FN4O2S. The summed E-state index contributed by atoms with van der Waals surface area (Å²) in [6, 6.07) is 13.8. The molecule has 1 heterocycles. The van der Waals surface area contributed by atoms with Crippen LogP contribution in [0, 0.1) is 24.1 Å². The van der Waals surface area contributed by atoms with Crippen molar-refractivity contribution in [3.05, 3.63) is 65.0 Å². The first-order chi connectivity index (χ1) is 16.3. The lowest BCUT2D eigenvalue weighted by molar-refractivity contribution is 0.135. The fraction of sp³-hybridized carbons (Fsp3) is 0.500. The van der Waals surface area contributed by atoms with Crippen molar-refractivity contribution >= 4 is 15.7 Å². The third-order valence-electron chi connectivity index (χ3n) is 6.62. The molecule has 0 saturated carbocycles. The van der Waals surface area contributed by atoms with Gasteiger partial charge in [0.25, 0.3) is 0 Å². The molecule has 1 fully saturated rings. The van der Waals surface area contributed by atoms with E-state index in [0.29, 0.717) is 18.2 Å². The van der Waals surface area contributed by atoms with Crippen molar-refractivity contribution in [3.8, 4) is 6.07 Å². The number of rotatable bonds is 11. The maximum Gasteiger partial charge on any atom is 0.233 e. The Hall–Kier alpha value is -2.47. The molecule has 184 valence electrons. The van der Waals surface area contributed by atoms with Gasteiger partial charge >= 0.3 is 0 Å². The lowest BCUT2D eigenvalue weighted by Gasteiger charge is -2.34. The van der Waals surface area contributed by atoms with E-state index in [9.17, 15) is 12.8 Å². The van der Waals surface area contributed by atoms with Gasteiger partial charge in [0.05, 0.1) is 17.4 Å². The molecule has 1 aliphatic heterocycles. The Balaban J connectivity index is 1.37. The fourth-order valence-corrected chi connectivity index (χ4v) is 5.56. The second-order valence-electron chi connectivity index (χ2n) is 9.04. The SMILES string of the molecule is CCC(CCCN1CCN(CCS(=O)(=O)Nc2ccc(F)cc2)CC1)c1ccc(C#N)c(C)c1. The van der Waals surface area contributed by atoms with E-state index < -0.39 is 15.8 Å². The van der Waals surface area contributed by atoms with Gasteiger partial charge in [0.1, 0.15) is 5.82 Å². The highest BCUT2D eigenvalue weighted by molar-refractivity contribution is 7.92. The van der Waals surface area contributed by atoms with E-state index in [1.807, 2.05) is 13.0 Å². The predicted octanol–water partition coefficient (Wildman–Crippen LogP) is 4.34. The highest BCUT2D eigenvalue weighted by Crippen LogP contribution is 2.26. The summed E-state index contributed by atoms with van der Waals surface area (Å²) < 4.78 is 40.2. The number of hydrogen-bond acceptors (Lipinski definition) is 5. The van der Waals surface area contributed by atoms with Gasteiger partial charge in [-0.2, -0.15) is 5.26 Å². The van der Waals surface area contributed by atoms with Crippen LogP contribution in [-0.4, -0.2) is 63.2 Å². The predicted molar refractivity (Wildman–Crippen MR) is 135 cm³/mol. The minimum absolute atomic E-state index is 0.0204. The van der Waals surface area contributed by atoms with Crippen molar-refractivity contribution < 1.29 is 12.8 Å². The first-order valence-electron chi connectivity index (χ1n) is 12.0. The van der Waals surface area contributed by atoms with Gasteiger partial charge < -0.3 is 4.90 Å². The van der Waals surface area contributed by atoms with E-state index >= 15 is 0 Å². The summed E-state index contributed by atoms with van der Waals surface area (Å²) in [6.45, 7) is 9.35. The molecule has 0 amide bonds. The molecule has 3 rings (SSSR count). The maximum atomic E-state index is 13.0.